The zero-order chi connectivity index (χ0) is 28.7. The van der Waals surface area contributed by atoms with E-state index < -0.39 is 23.9 Å². The largest absolute Gasteiger partial charge is 0.490 e. The van der Waals surface area contributed by atoms with E-state index in [4.69, 9.17) is 15.6 Å². The van der Waals surface area contributed by atoms with E-state index in [0.717, 1.165) is 33.0 Å². The minimum atomic E-state index is -5.08. The second-order valence-corrected chi connectivity index (χ2v) is 9.18. The molecule has 15 heteroatoms. The van der Waals surface area contributed by atoms with Gasteiger partial charge in [-0.25, -0.2) is 14.7 Å². The molecule has 0 saturated carbocycles. The van der Waals surface area contributed by atoms with E-state index in [1.807, 2.05) is 48.3 Å². The summed E-state index contributed by atoms with van der Waals surface area (Å²) in [7, 11) is 0. The van der Waals surface area contributed by atoms with Crippen molar-refractivity contribution in [1.29, 1.82) is 0 Å². The summed E-state index contributed by atoms with van der Waals surface area (Å²) in [5, 5.41) is 17.7. The Balaban J connectivity index is 0.000000532. The van der Waals surface area contributed by atoms with E-state index in [2.05, 4.69) is 27.4 Å². The summed E-state index contributed by atoms with van der Waals surface area (Å²) in [5.74, 6) is -2.53. The van der Waals surface area contributed by atoms with Gasteiger partial charge in [0, 0.05) is 46.6 Å². The van der Waals surface area contributed by atoms with Gasteiger partial charge in [-0.15, -0.1) is 11.3 Å². The Morgan fingerprint density at radius 2 is 1.74 bits per heavy atom. The van der Waals surface area contributed by atoms with Crippen LogP contribution in [0.15, 0.2) is 65.2 Å². The standard InChI is InChI=1S/C22H22F2N6OS.C2HF3O2/c1-2-29-12-17(11-26-29)14-3-5-15(6-4-14)19-8-7-18(32-19)13-30-20(27-28-22(30)31)9-16(10-25)21(23)24;3-2(4,5)1(6)7/h3-8,11-12H,2,9-10,13,25H2,1H3,(H,28,31);(H,6,7). The number of aromatic amines is 1. The highest BCUT2D eigenvalue weighted by molar-refractivity contribution is 7.15. The maximum atomic E-state index is 13.0. The maximum absolute atomic E-state index is 13.0. The van der Waals surface area contributed by atoms with Crippen LogP contribution in [0.5, 0.6) is 0 Å². The first kappa shape index (κ1) is 29.4. The number of alkyl halides is 3. The Kier molecular flexibility index (Phi) is 9.53. The predicted octanol–water partition coefficient (Wildman–Crippen LogP) is 4.52. The fourth-order valence-corrected chi connectivity index (χ4v) is 4.34. The van der Waals surface area contributed by atoms with Crippen LogP contribution in [0.1, 0.15) is 17.6 Å². The highest BCUT2D eigenvalue weighted by Gasteiger charge is 2.38. The summed E-state index contributed by atoms with van der Waals surface area (Å²) >= 11 is 1.54. The molecule has 0 aliphatic rings. The zero-order valence-electron chi connectivity index (χ0n) is 20.4. The lowest BCUT2D eigenvalue weighted by Gasteiger charge is -2.06. The molecule has 0 aliphatic heterocycles. The summed E-state index contributed by atoms with van der Waals surface area (Å²) in [6.45, 7) is 2.82. The molecular formula is C24H23F5N6O3S. The lowest BCUT2D eigenvalue weighted by atomic mass is 10.1. The smallest absolute Gasteiger partial charge is 0.475 e. The van der Waals surface area contributed by atoms with Gasteiger partial charge in [0.1, 0.15) is 5.82 Å². The van der Waals surface area contributed by atoms with Crippen LogP contribution >= 0.6 is 11.3 Å². The van der Waals surface area contributed by atoms with Crippen LogP contribution < -0.4 is 11.4 Å². The fourth-order valence-electron chi connectivity index (χ4n) is 3.34. The van der Waals surface area contributed by atoms with Crippen LogP contribution in [-0.4, -0.2) is 48.3 Å². The molecule has 0 aliphatic carbocycles. The molecule has 208 valence electrons. The number of carboxylic acid groups (broad SMARTS) is 1. The fraction of sp³-hybridized carbons (Fsp3) is 0.250. The maximum Gasteiger partial charge on any atom is 0.490 e. The molecule has 3 aromatic heterocycles. The van der Waals surface area contributed by atoms with Crippen molar-refractivity contribution in [3.8, 4) is 21.6 Å². The van der Waals surface area contributed by atoms with Gasteiger partial charge in [-0.2, -0.15) is 32.1 Å². The number of hydrogen-bond donors (Lipinski definition) is 3. The average Bonchev–Trinajstić information content (AvgIpc) is 3.64. The molecule has 4 N–H and O–H groups in total. The van der Waals surface area contributed by atoms with E-state index in [-0.39, 0.29) is 30.9 Å². The van der Waals surface area contributed by atoms with Crippen molar-refractivity contribution in [1.82, 2.24) is 24.5 Å². The van der Waals surface area contributed by atoms with Gasteiger partial charge in [0.25, 0.3) is 6.08 Å². The first-order valence-corrected chi connectivity index (χ1v) is 12.1. The number of benzene rings is 1. The number of aliphatic carboxylic acids is 1. The minimum Gasteiger partial charge on any atom is -0.475 e. The second kappa shape index (κ2) is 12.6. The van der Waals surface area contributed by atoms with Gasteiger partial charge in [0.2, 0.25) is 0 Å². The molecule has 0 bridgehead atoms. The lowest BCUT2D eigenvalue weighted by Crippen LogP contribution is -2.21. The van der Waals surface area contributed by atoms with E-state index in [0.29, 0.717) is 0 Å². The Hall–Kier alpha value is -4.11. The van der Waals surface area contributed by atoms with Crippen molar-refractivity contribution in [3.05, 3.63) is 81.6 Å². The molecule has 39 heavy (non-hydrogen) atoms. The molecule has 3 heterocycles. The first-order valence-electron chi connectivity index (χ1n) is 11.3. The van der Waals surface area contributed by atoms with Gasteiger partial charge in [-0.3, -0.25) is 9.25 Å². The van der Waals surface area contributed by atoms with Crippen molar-refractivity contribution in [3.63, 3.8) is 0 Å². The molecule has 0 fully saturated rings. The molecule has 1 aromatic carbocycles. The molecule has 4 aromatic rings. The number of hydrogen-bond acceptors (Lipinski definition) is 6. The molecule has 9 nitrogen and oxygen atoms in total. The summed E-state index contributed by atoms with van der Waals surface area (Å²) in [6.07, 6.45) is -3.23. The monoisotopic (exact) mass is 570 g/mol. The third kappa shape index (κ3) is 7.70. The van der Waals surface area contributed by atoms with Gasteiger partial charge in [0.15, 0.2) is 0 Å². The number of rotatable bonds is 8. The topological polar surface area (TPSA) is 132 Å². The number of aromatic nitrogens is 5. The summed E-state index contributed by atoms with van der Waals surface area (Å²) in [6, 6.07) is 12.1. The zero-order valence-corrected chi connectivity index (χ0v) is 21.2. The predicted molar refractivity (Wildman–Crippen MR) is 134 cm³/mol. The Bertz CT molecular complexity index is 1500. The molecule has 0 spiro atoms. The molecule has 0 atom stereocenters. The van der Waals surface area contributed by atoms with Gasteiger partial charge in [-0.05, 0) is 30.2 Å². The summed E-state index contributed by atoms with van der Waals surface area (Å²) in [4.78, 5) is 23.0. The molecule has 0 unspecified atom stereocenters. The van der Waals surface area contributed by atoms with Crippen LogP contribution in [0, 0.1) is 0 Å². The number of nitrogens with two attached hydrogens (primary N) is 1. The SMILES string of the molecule is CCn1cc(-c2ccc(-c3ccc(Cn4c(CC(CN)=C(F)F)n[nH]c4=O)s3)cc2)cn1.O=C(O)C(F)(F)F. The molecule has 0 amide bonds. The van der Waals surface area contributed by atoms with Crippen molar-refractivity contribution in [2.24, 2.45) is 5.73 Å². The van der Waals surface area contributed by atoms with E-state index >= 15 is 0 Å². The number of carboxylic acids is 1. The highest BCUT2D eigenvalue weighted by atomic mass is 32.1. The minimum absolute atomic E-state index is 0.175. The van der Waals surface area contributed by atoms with Gasteiger partial charge in [0.05, 0.1) is 12.7 Å². The molecule has 4 rings (SSSR count). The van der Waals surface area contributed by atoms with E-state index in [9.17, 15) is 26.7 Å². The van der Waals surface area contributed by atoms with Crippen molar-refractivity contribution in [2.75, 3.05) is 6.54 Å². The number of nitrogens with zero attached hydrogens (tertiary/aromatic N) is 4. The van der Waals surface area contributed by atoms with Crippen LogP contribution in [0.25, 0.3) is 21.6 Å². The normalized spacial score (nSPS) is 11.2. The number of carbonyl (C=O) groups is 1. The van der Waals surface area contributed by atoms with Crippen molar-refractivity contribution < 1.29 is 31.9 Å². The average molecular weight is 571 g/mol. The highest BCUT2D eigenvalue weighted by Crippen LogP contribution is 2.30. The van der Waals surface area contributed by atoms with Crippen LogP contribution in [0.3, 0.4) is 0 Å². The van der Waals surface area contributed by atoms with Crippen LogP contribution in [0.4, 0.5) is 22.0 Å². The third-order valence-electron chi connectivity index (χ3n) is 5.40. The Labute approximate surface area is 222 Å². The second-order valence-electron chi connectivity index (χ2n) is 8.01. The van der Waals surface area contributed by atoms with E-state index in [1.165, 1.54) is 15.9 Å². The summed E-state index contributed by atoms with van der Waals surface area (Å²) in [5.41, 5.74) is 7.92. The third-order valence-corrected chi connectivity index (χ3v) is 6.52. The lowest BCUT2D eigenvalue weighted by molar-refractivity contribution is -0.192. The Morgan fingerprint density at radius 1 is 1.10 bits per heavy atom. The number of H-pyrrole nitrogens is 1. The van der Waals surface area contributed by atoms with Gasteiger partial charge in [-0.1, -0.05) is 24.3 Å². The van der Waals surface area contributed by atoms with Crippen molar-refractivity contribution in [2.45, 2.75) is 32.6 Å². The number of aryl methyl sites for hydroxylation is 1. The van der Waals surface area contributed by atoms with Gasteiger partial charge < -0.3 is 10.8 Å². The number of thiophene rings is 1. The van der Waals surface area contributed by atoms with Crippen molar-refractivity contribution >= 4 is 17.3 Å². The van der Waals surface area contributed by atoms with Gasteiger partial charge >= 0.3 is 17.8 Å². The Morgan fingerprint density at radius 3 is 2.28 bits per heavy atom. The first-order chi connectivity index (χ1) is 18.4. The molecule has 0 saturated heterocycles. The van der Waals surface area contributed by atoms with E-state index in [1.54, 1.807) is 0 Å². The van der Waals surface area contributed by atoms with Crippen LogP contribution in [0.2, 0.25) is 0 Å². The molecule has 0 radical (unpaired) electrons. The molecular weight excluding hydrogens is 547 g/mol. The summed E-state index contributed by atoms with van der Waals surface area (Å²) < 4.78 is 60.9. The number of halogens is 5. The van der Waals surface area contributed by atoms with Crippen LogP contribution in [-0.2, 0) is 24.3 Å². The number of nitrogens with one attached hydrogen (secondary N) is 1. The quantitative estimate of drug-likeness (QED) is 0.267.